The van der Waals surface area contributed by atoms with Gasteiger partial charge in [-0.05, 0) is 50.2 Å². The number of nitrogens with zero attached hydrogens (tertiary/aromatic N) is 1. The average molecular weight is 303 g/mol. The summed E-state index contributed by atoms with van der Waals surface area (Å²) in [5.74, 6) is 1.07. The highest BCUT2D eigenvalue weighted by Gasteiger charge is 2.21. The van der Waals surface area contributed by atoms with Gasteiger partial charge in [0.1, 0.15) is 0 Å². The van der Waals surface area contributed by atoms with Crippen LogP contribution in [0.3, 0.4) is 0 Å². The van der Waals surface area contributed by atoms with E-state index in [0.29, 0.717) is 12.3 Å². The number of aryl methyl sites for hydroxylation is 1. The standard InChI is InChI=1S/C14H22N2OS.ClH/c1-15-11-12-6-8-16(9-7-12)14(17)5-4-13-3-2-10-18-13;/h2-3,10,12,15H,4-9,11H2,1H3;1H. The number of hydrogen-bond acceptors (Lipinski definition) is 3. The molecule has 0 atom stereocenters. The number of likely N-dealkylation sites (tertiary alicyclic amines) is 1. The monoisotopic (exact) mass is 302 g/mol. The number of halogens is 1. The lowest BCUT2D eigenvalue weighted by molar-refractivity contribution is -0.132. The molecule has 3 nitrogen and oxygen atoms in total. The van der Waals surface area contributed by atoms with Crippen LogP contribution in [0.2, 0.25) is 0 Å². The zero-order chi connectivity index (χ0) is 12.8. The maximum Gasteiger partial charge on any atom is 0.222 e. The first-order valence-electron chi connectivity index (χ1n) is 6.74. The quantitative estimate of drug-likeness (QED) is 0.906. The molecular weight excluding hydrogens is 280 g/mol. The zero-order valence-electron chi connectivity index (χ0n) is 11.4. The third-order valence-corrected chi connectivity index (χ3v) is 4.56. The second-order valence-electron chi connectivity index (χ2n) is 4.96. The summed E-state index contributed by atoms with van der Waals surface area (Å²) < 4.78 is 0. The Kier molecular flexibility index (Phi) is 7.42. The van der Waals surface area contributed by atoms with Gasteiger partial charge in [0.15, 0.2) is 0 Å². The Morgan fingerprint density at radius 2 is 2.21 bits per heavy atom. The molecule has 1 aliphatic heterocycles. The molecule has 19 heavy (non-hydrogen) atoms. The molecule has 1 fully saturated rings. The molecule has 1 amide bonds. The van der Waals surface area contributed by atoms with Crippen molar-refractivity contribution in [3.05, 3.63) is 22.4 Å². The number of piperidine rings is 1. The molecule has 108 valence electrons. The molecule has 0 bridgehead atoms. The number of carbonyl (C=O) groups is 1. The maximum atomic E-state index is 12.1. The molecule has 2 heterocycles. The number of amides is 1. The Morgan fingerprint density at radius 1 is 1.47 bits per heavy atom. The molecule has 1 aromatic heterocycles. The summed E-state index contributed by atoms with van der Waals surface area (Å²) in [6.07, 6.45) is 3.85. The first-order valence-corrected chi connectivity index (χ1v) is 7.62. The molecule has 0 unspecified atom stereocenters. The Labute approximate surface area is 125 Å². The number of rotatable bonds is 5. The Balaban J connectivity index is 0.00000180. The van der Waals surface area contributed by atoms with E-state index in [9.17, 15) is 4.79 Å². The van der Waals surface area contributed by atoms with Crippen LogP contribution < -0.4 is 5.32 Å². The molecule has 5 heteroatoms. The molecule has 1 saturated heterocycles. The van der Waals surface area contributed by atoms with Crippen LogP contribution in [0.4, 0.5) is 0 Å². The molecule has 0 saturated carbocycles. The molecule has 1 N–H and O–H groups in total. The van der Waals surface area contributed by atoms with Gasteiger partial charge in [-0.25, -0.2) is 0 Å². The van der Waals surface area contributed by atoms with E-state index in [0.717, 1.165) is 44.8 Å². The van der Waals surface area contributed by atoms with Crippen LogP contribution in [0.15, 0.2) is 17.5 Å². The number of hydrogen-bond donors (Lipinski definition) is 1. The lowest BCUT2D eigenvalue weighted by atomic mass is 9.96. The highest BCUT2D eigenvalue weighted by atomic mass is 35.5. The number of nitrogens with one attached hydrogen (secondary N) is 1. The lowest BCUT2D eigenvalue weighted by Crippen LogP contribution is -2.40. The van der Waals surface area contributed by atoms with Crippen LogP contribution in [0, 0.1) is 5.92 Å². The fraction of sp³-hybridized carbons (Fsp3) is 0.643. The third-order valence-electron chi connectivity index (χ3n) is 3.63. The van der Waals surface area contributed by atoms with E-state index in [1.807, 2.05) is 18.0 Å². The van der Waals surface area contributed by atoms with Crippen LogP contribution in [-0.2, 0) is 11.2 Å². The maximum absolute atomic E-state index is 12.1. The van der Waals surface area contributed by atoms with E-state index in [-0.39, 0.29) is 12.4 Å². The summed E-state index contributed by atoms with van der Waals surface area (Å²) in [4.78, 5) is 15.4. The molecule has 0 spiro atoms. The van der Waals surface area contributed by atoms with E-state index in [2.05, 4.69) is 16.8 Å². The largest absolute Gasteiger partial charge is 0.343 e. The van der Waals surface area contributed by atoms with Crippen LogP contribution in [0.25, 0.3) is 0 Å². The van der Waals surface area contributed by atoms with Gasteiger partial charge in [-0.2, -0.15) is 0 Å². The van der Waals surface area contributed by atoms with Crippen LogP contribution >= 0.6 is 23.7 Å². The molecule has 0 radical (unpaired) electrons. The molecule has 2 rings (SSSR count). The smallest absolute Gasteiger partial charge is 0.222 e. The van der Waals surface area contributed by atoms with E-state index >= 15 is 0 Å². The molecule has 1 aliphatic rings. The summed E-state index contributed by atoms with van der Waals surface area (Å²) in [6.45, 7) is 2.96. The van der Waals surface area contributed by atoms with Gasteiger partial charge < -0.3 is 10.2 Å². The van der Waals surface area contributed by atoms with Crippen molar-refractivity contribution in [2.45, 2.75) is 25.7 Å². The predicted molar refractivity (Wildman–Crippen MR) is 83.1 cm³/mol. The summed E-state index contributed by atoms with van der Waals surface area (Å²) in [5, 5.41) is 5.30. The minimum Gasteiger partial charge on any atom is -0.343 e. The van der Waals surface area contributed by atoms with Crippen molar-refractivity contribution < 1.29 is 4.79 Å². The van der Waals surface area contributed by atoms with Crippen molar-refractivity contribution >= 4 is 29.7 Å². The lowest BCUT2D eigenvalue weighted by Gasteiger charge is -2.32. The summed E-state index contributed by atoms with van der Waals surface area (Å²) in [5.41, 5.74) is 0. The van der Waals surface area contributed by atoms with Crippen molar-refractivity contribution in [3.63, 3.8) is 0 Å². The second-order valence-corrected chi connectivity index (χ2v) is 5.99. The molecular formula is C14H23ClN2OS. The van der Waals surface area contributed by atoms with Crippen molar-refractivity contribution in [1.82, 2.24) is 10.2 Å². The SMILES string of the molecule is CNCC1CCN(C(=O)CCc2cccs2)CC1.Cl. The van der Waals surface area contributed by atoms with Crippen LogP contribution in [0.5, 0.6) is 0 Å². The summed E-state index contributed by atoms with van der Waals surface area (Å²) in [7, 11) is 2.00. The Morgan fingerprint density at radius 3 is 2.79 bits per heavy atom. The van der Waals surface area contributed by atoms with Crippen molar-refractivity contribution in [2.75, 3.05) is 26.7 Å². The average Bonchev–Trinajstić information content (AvgIpc) is 2.90. The number of thiophene rings is 1. The fourth-order valence-electron chi connectivity index (χ4n) is 2.52. The van der Waals surface area contributed by atoms with Gasteiger partial charge in [-0.15, -0.1) is 23.7 Å². The minimum atomic E-state index is 0. The summed E-state index contributed by atoms with van der Waals surface area (Å²) in [6, 6.07) is 4.16. The van der Waals surface area contributed by atoms with Gasteiger partial charge in [0.2, 0.25) is 5.91 Å². The van der Waals surface area contributed by atoms with Crippen LogP contribution in [0.1, 0.15) is 24.1 Å². The normalized spacial score (nSPS) is 16.2. The second kappa shape index (κ2) is 8.56. The van der Waals surface area contributed by atoms with Gasteiger partial charge in [0.05, 0.1) is 0 Å². The van der Waals surface area contributed by atoms with Gasteiger partial charge in [-0.1, -0.05) is 6.07 Å². The van der Waals surface area contributed by atoms with E-state index in [4.69, 9.17) is 0 Å². The van der Waals surface area contributed by atoms with Crippen molar-refractivity contribution in [2.24, 2.45) is 5.92 Å². The molecule has 0 aromatic carbocycles. The Hall–Kier alpha value is -0.580. The zero-order valence-corrected chi connectivity index (χ0v) is 13.1. The number of carbonyl (C=O) groups excluding carboxylic acids is 1. The van der Waals surface area contributed by atoms with Crippen molar-refractivity contribution in [1.29, 1.82) is 0 Å². The highest BCUT2D eigenvalue weighted by molar-refractivity contribution is 7.09. The fourth-order valence-corrected chi connectivity index (χ4v) is 3.23. The first kappa shape index (κ1) is 16.5. The van der Waals surface area contributed by atoms with E-state index in [1.165, 1.54) is 4.88 Å². The third kappa shape index (κ3) is 5.13. The summed E-state index contributed by atoms with van der Waals surface area (Å²) >= 11 is 1.74. The minimum absolute atomic E-state index is 0. The first-order chi connectivity index (χ1) is 8.79. The van der Waals surface area contributed by atoms with Gasteiger partial charge in [0.25, 0.3) is 0 Å². The van der Waals surface area contributed by atoms with Gasteiger partial charge in [0, 0.05) is 24.4 Å². The predicted octanol–water partition coefficient (Wildman–Crippen LogP) is 2.56. The van der Waals surface area contributed by atoms with E-state index in [1.54, 1.807) is 11.3 Å². The molecule has 0 aliphatic carbocycles. The topological polar surface area (TPSA) is 32.3 Å². The van der Waals surface area contributed by atoms with Gasteiger partial charge >= 0.3 is 0 Å². The molecule has 1 aromatic rings. The Bertz CT molecular complexity index is 362. The van der Waals surface area contributed by atoms with Crippen molar-refractivity contribution in [3.8, 4) is 0 Å². The highest BCUT2D eigenvalue weighted by Crippen LogP contribution is 2.18. The van der Waals surface area contributed by atoms with E-state index < -0.39 is 0 Å². The van der Waals surface area contributed by atoms with Gasteiger partial charge in [-0.3, -0.25) is 4.79 Å². The van der Waals surface area contributed by atoms with Crippen LogP contribution in [-0.4, -0.2) is 37.5 Å².